The highest BCUT2D eigenvalue weighted by Gasteiger charge is 2.35. The first-order valence-electron chi connectivity index (χ1n) is 10.3. The van der Waals surface area contributed by atoms with E-state index in [1.165, 1.54) is 5.56 Å². The molecule has 1 amide bonds. The highest BCUT2D eigenvalue weighted by Crippen LogP contribution is 2.40. The highest BCUT2D eigenvalue weighted by atomic mass is 16.5. The predicted octanol–water partition coefficient (Wildman–Crippen LogP) is 5.48. The van der Waals surface area contributed by atoms with Crippen molar-refractivity contribution in [3.63, 3.8) is 0 Å². The molecule has 0 radical (unpaired) electrons. The number of amides is 1. The number of carbonyl (C=O) groups excluding carboxylic acids is 1. The number of hydrogen-bond donors (Lipinski definition) is 1. The molecular formula is C25H33NO3. The van der Waals surface area contributed by atoms with Crippen LogP contribution in [0.2, 0.25) is 0 Å². The van der Waals surface area contributed by atoms with Crippen LogP contribution in [0, 0.1) is 6.92 Å². The molecule has 1 aliphatic heterocycles. The zero-order valence-electron chi connectivity index (χ0n) is 18.6. The van der Waals surface area contributed by atoms with Crippen LogP contribution in [0.1, 0.15) is 70.7 Å². The average molecular weight is 396 g/mol. The molecule has 1 heterocycles. The Morgan fingerprint density at radius 2 is 1.83 bits per heavy atom. The number of ether oxygens (including phenoxy) is 2. The lowest BCUT2D eigenvalue weighted by molar-refractivity contribution is -0.128. The maximum absolute atomic E-state index is 12.9. The van der Waals surface area contributed by atoms with Gasteiger partial charge >= 0.3 is 0 Å². The quantitative estimate of drug-likeness (QED) is 0.746. The molecule has 3 rings (SSSR count). The minimum Gasteiger partial charge on any atom is -0.487 e. The molecule has 1 aliphatic rings. The van der Waals surface area contributed by atoms with Crippen molar-refractivity contribution in [1.82, 2.24) is 5.32 Å². The van der Waals surface area contributed by atoms with Gasteiger partial charge in [-0.3, -0.25) is 4.79 Å². The summed E-state index contributed by atoms with van der Waals surface area (Å²) in [6.45, 7) is 14.4. The minimum absolute atomic E-state index is 0.0864. The van der Waals surface area contributed by atoms with Gasteiger partial charge in [0.15, 0.2) is 6.10 Å². The number of rotatable bonds is 4. The van der Waals surface area contributed by atoms with Gasteiger partial charge in [-0.2, -0.15) is 0 Å². The fourth-order valence-electron chi connectivity index (χ4n) is 3.67. The van der Waals surface area contributed by atoms with Gasteiger partial charge in [0.05, 0.1) is 6.04 Å². The van der Waals surface area contributed by atoms with Crippen LogP contribution >= 0.6 is 0 Å². The van der Waals surface area contributed by atoms with E-state index in [9.17, 15) is 4.79 Å². The lowest BCUT2D eigenvalue weighted by atomic mass is 9.87. The average Bonchev–Trinajstić information content (AvgIpc) is 2.59. The van der Waals surface area contributed by atoms with Crippen LogP contribution in [-0.2, 0) is 10.2 Å². The molecule has 0 aromatic heterocycles. The number of nitrogens with one attached hydrogen (secondary N) is 1. The van der Waals surface area contributed by atoms with Crippen LogP contribution in [-0.4, -0.2) is 17.6 Å². The lowest BCUT2D eigenvalue weighted by Crippen LogP contribution is -2.44. The van der Waals surface area contributed by atoms with Gasteiger partial charge in [-0.25, -0.2) is 0 Å². The molecule has 2 aromatic rings. The van der Waals surface area contributed by atoms with Gasteiger partial charge < -0.3 is 14.8 Å². The molecule has 1 N–H and O–H groups in total. The Bertz CT molecular complexity index is 878. The zero-order chi connectivity index (χ0) is 21.4. The first-order chi connectivity index (χ1) is 13.4. The molecule has 0 saturated heterocycles. The summed E-state index contributed by atoms with van der Waals surface area (Å²) < 4.78 is 12.0. The van der Waals surface area contributed by atoms with Crippen molar-refractivity contribution in [1.29, 1.82) is 0 Å². The number of hydrogen-bond acceptors (Lipinski definition) is 3. The SMILES string of the molecule is Cc1ccc2c(c1)OC(C)(C)C[C@@H]2NC(=O)[C@H](C)Oc1ccc(C(C)(C)C)cc1. The van der Waals surface area contributed by atoms with Crippen LogP contribution in [0.4, 0.5) is 0 Å². The van der Waals surface area contributed by atoms with Gasteiger partial charge in [-0.05, 0) is 62.4 Å². The Hall–Kier alpha value is -2.49. The van der Waals surface area contributed by atoms with E-state index in [-0.39, 0.29) is 23.0 Å². The van der Waals surface area contributed by atoms with Crippen LogP contribution in [0.25, 0.3) is 0 Å². The molecule has 4 heteroatoms. The Labute approximate surface area is 174 Å². The summed E-state index contributed by atoms with van der Waals surface area (Å²) in [7, 11) is 0. The van der Waals surface area contributed by atoms with E-state index >= 15 is 0 Å². The maximum atomic E-state index is 12.9. The van der Waals surface area contributed by atoms with Crippen LogP contribution in [0.15, 0.2) is 42.5 Å². The van der Waals surface area contributed by atoms with E-state index in [1.807, 2.05) is 45.0 Å². The molecular weight excluding hydrogens is 362 g/mol. The fraction of sp³-hybridized carbons (Fsp3) is 0.480. The number of aryl methyl sites for hydroxylation is 1. The normalized spacial score (nSPS) is 18.9. The summed E-state index contributed by atoms with van der Waals surface area (Å²) >= 11 is 0. The minimum atomic E-state index is -0.588. The summed E-state index contributed by atoms with van der Waals surface area (Å²) in [5, 5.41) is 3.16. The summed E-state index contributed by atoms with van der Waals surface area (Å²) in [6, 6.07) is 14.0. The van der Waals surface area contributed by atoms with E-state index in [4.69, 9.17) is 9.47 Å². The summed E-state index contributed by atoms with van der Waals surface area (Å²) in [5.41, 5.74) is 3.14. The molecule has 2 aromatic carbocycles. The molecule has 0 spiro atoms. The Balaban J connectivity index is 1.70. The van der Waals surface area contributed by atoms with E-state index in [2.05, 4.69) is 44.3 Å². The van der Waals surface area contributed by atoms with Crippen molar-refractivity contribution >= 4 is 5.91 Å². The largest absolute Gasteiger partial charge is 0.487 e. The molecule has 4 nitrogen and oxygen atoms in total. The molecule has 0 bridgehead atoms. The van der Waals surface area contributed by atoms with Crippen molar-refractivity contribution in [2.45, 2.75) is 78.0 Å². The van der Waals surface area contributed by atoms with Crippen molar-refractivity contribution in [2.75, 3.05) is 0 Å². The van der Waals surface area contributed by atoms with E-state index in [0.29, 0.717) is 12.2 Å². The topological polar surface area (TPSA) is 47.6 Å². The first-order valence-corrected chi connectivity index (χ1v) is 10.3. The molecule has 0 aliphatic carbocycles. The summed E-state index contributed by atoms with van der Waals surface area (Å²) in [4.78, 5) is 12.9. The van der Waals surface area contributed by atoms with Gasteiger partial charge in [0.2, 0.25) is 0 Å². The predicted molar refractivity (Wildman–Crippen MR) is 117 cm³/mol. The van der Waals surface area contributed by atoms with Gasteiger partial charge in [0.1, 0.15) is 17.1 Å². The Morgan fingerprint density at radius 3 is 2.45 bits per heavy atom. The second-order valence-electron chi connectivity index (χ2n) is 9.70. The molecule has 29 heavy (non-hydrogen) atoms. The van der Waals surface area contributed by atoms with Gasteiger partial charge in [-0.1, -0.05) is 45.0 Å². The molecule has 0 fully saturated rings. The first kappa shape index (κ1) is 21.2. The Kier molecular flexibility index (Phi) is 5.66. The highest BCUT2D eigenvalue weighted by molar-refractivity contribution is 5.81. The van der Waals surface area contributed by atoms with Crippen molar-refractivity contribution in [3.05, 3.63) is 59.2 Å². The smallest absolute Gasteiger partial charge is 0.261 e. The van der Waals surface area contributed by atoms with E-state index in [0.717, 1.165) is 16.9 Å². The number of carbonyl (C=O) groups is 1. The monoisotopic (exact) mass is 395 g/mol. The molecule has 2 atom stereocenters. The van der Waals surface area contributed by atoms with Crippen molar-refractivity contribution in [3.8, 4) is 11.5 Å². The lowest BCUT2D eigenvalue weighted by Gasteiger charge is -2.38. The molecule has 0 unspecified atom stereocenters. The van der Waals surface area contributed by atoms with Gasteiger partial charge in [0.25, 0.3) is 5.91 Å². The zero-order valence-corrected chi connectivity index (χ0v) is 18.6. The number of benzene rings is 2. The van der Waals surface area contributed by atoms with Gasteiger partial charge in [-0.15, -0.1) is 0 Å². The van der Waals surface area contributed by atoms with Crippen LogP contribution in [0.5, 0.6) is 11.5 Å². The number of fused-ring (bicyclic) bond motifs is 1. The van der Waals surface area contributed by atoms with Crippen LogP contribution < -0.4 is 14.8 Å². The third-order valence-electron chi connectivity index (χ3n) is 5.35. The second kappa shape index (κ2) is 7.74. The third-order valence-corrected chi connectivity index (χ3v) is 5.35. The Morgan fingerprint density at radius 1 is 1.17 bits per heavy atom. The second-order valence-corrected chi connectivity index (χ2v) is 9.70. The third kappa shape index (κ3) is 5.11. The summed E-state index contributed by atoms with van der Waals surface area (Å²) in [6.07, 6.45) is 0.122. The fourth-order valence-corrected chi connectivity index (χ4v) is 3.67. The van der Waals surface area contributed by atoms with Crippen molar-refractivity contribution < 1.29 is 14.3 Å². The van der Waals surface area contributed by atoms with Gasteiger partial charge in [0, 0.05) is 12.0 Å². The van der Waals surface area contributed by atoms with E-state index < -0.39 is 6.10 Å². The van der Waals surface area contributed by atoms with Crippen LogP contribution in [0.3, 0.4) is 0 Å². The molecule has 0 saturated carbocycles. The van der Waals surface area contributed by atoms with Crippen molar-refractivity contribution in [2.24, 2.45) is 0 Å². The standard InChI is InChI=1S/C25H33NO3/c1-16-8-13-20-21(15-25(6,7)29-22(20)14-16)26-23(27)17(2)28-19-11-9-18(10-12-19)24(3,4)5/h8-14,17,21H,15H2,1-7H3,(H,26,27)/t17-,21-/m0/s1. The summed E-state index contributed by atoms with van der Waals surface area (Å²) in [5.74, 6) is 1.42. The van der Waals surface area contributed by atoms with E-state index in [1.54, 1.807) is 6.92 Å². The molecule has 156 valence electrons. The maximum Gasteiger partial charge on any atom is 0.261 e.